The summed E-state index contributed by atoms with van der Waals surface area (Å²) < 4.78 is 10.7. The topological polar surface area (TPSA) is 235 Å². The van der Waals surface area contributed by atoms with Gasteiger partial charge in [-0.2, -0.15) is 0 Å². The van der Waals surface area contributed by atoms with Crippen LogP contribution in [0.25, 0.3) is 6.08 Å². The number of ketones is 1. The van der Waals surface area contributed by atoms with Crippen LogP contribution in [0, 0.1) is 5.92 Å². The number of benzene rings is 2. The van der Waals surface area contributed by atoms with Crippen molar-refractivity contribution in [3.05, 3.63) is 65.7 Å². The summed E-state index contributed by atoms with van der Waals surface area (Å²) in [6.45, 7) is 0.0507. The van der Waals surface area contributed by atoms with E-state index in [4.69, 9.17) is 9.47 Å². The van der Waals surface area contributed by atoms with Crippen molar-refractivity contribution in [1.82, 2.24) is 0 Å². The van der Waals surface area contributed by atoms with Crippen LogP contribution in [0.2, 0.25) is 0 Å². The molecule has 9 N–H and O–H groups in total. The lowest BCUT2D eigenvalue weighted by Gasteiger charge is -2.48. The minimum Gasteiger partial charge on any atom is -0.504 e. The number of carbonyl (C=O) groups is 2. The Labute approximate surface area is 228 Å². The first-order chi connectivity index (χ1) is 18.7. The van der Waals surface area contributed by atoms with E-state index in [1.54, 1.807) is 30.3 Å². The molecule has 0 amide bonds. The van der Waals surface area contributed by atoms with Crippen LogP contribution < -0.4 is 0 Å². The van der Waals surface area contributed by atoms with Crippen molar-refractivity contribution in [1.29, 1.82) is 0 Å². The number of carboxylic acid groups (broad SMARTS) is 1. The highest BCUT2D eigenvalue weighted by Crippen LogP contribution is 2.36. The first kappa shape index (κ1) is 31.1. The van der Waals surface area contributed by atoms with E-state index in [0.29, 0.717) is 5.56 Å². The molecule has 0 spiro atoms. The number of allylic oxidation sites excluding steroid dienone is 1. The molecule has 218 valence electrons. The van der Waals surface area contributed by atoms with Crippen LogP contribution in [-0.4, -0.2) is 106 Å². The molecular formula is C27H32O13. The number of aliphatic carboxylic acids is 1. The Bertz CT molecular complexity index is 1210. The van der Waals surface area contributed by atoms with Crippen LogP contribution in [0.4, 0.5) is 0 Å². The van der Waals surface area contributed by atoms with Crippen LogP contribution in [0.3, 0.4) is 0 Å². The van der Waals surface area contributed by atoms with Crippen molar-refractivity contribution >= 4 is 17.8 Å². The molecule has 2 aromatic rings. The Morgan fingerprint density at radius 3 is 2.30 bits per heavy atom. The Morgan fingerprint density at radius 1 is 1.07 bits per heavy atom. The molecule has 1 aliphatic heterocycles. The number of aromatic hydroxyl groups is 2. The summed E-state index contributed by atoms with van der Waals surface area (Å²) in [5.41, 5.74) is -1.94. The fourth-order valence-electron chi connectivity index (χ4n) is 4.39. The number of carbonyl (C=O) groups excluding carboxylic acids is 1. The molecule has 2 aromatic carbocycles. The number of aliphatic hydroxyl groups is 6. The highest BCUT2D eigenvalue weighted by atomic mass is 16.8. The number of aliphatic hydroxyl groups excluding tert-OH is 4. The summed E-state index contributed by atoms with van der Waals surface area (Å²) in [6.07, 6.45) is -8.01. The number of rotatable bonds is 11. The summed E-state index contributed by atoms with van der Waals surface area (Å²) in [6, 6.07) is 11.7. The molecule has 1 fully saturated rings. The number of carboxylic acids is 1. The van der Waals surface area contributed by atoms with E-state index >= 15 is 0 Å². The highest BCUT2D eigenvalue weighted by Gasteiger charge is 2.58. The van der Waals surface area contributed by atoms with E-state index in [1.807, 2.05) is 0 Å². The van der Waals surface area contributed by atoms with Gasteiger partial charge in [-0.25, -0.2) is 0 Å². The molecule has 1 aliphatic rings. The number of phenolic OH excluding ortho intramolecular Hbond substituents is 2. The zero-order chi connectivity index (χ0) is 29.8. The van der Waals surface area contributed by atoms with Crippen molar-refractivity contribution in [3.8, 4) is 11.5 Å². The first-order valence-electron chi connectivity index (χ1n) is 12.2. The molecule has 13 nitrogen and oxygen atoms in total. The minimum atomic E-state index is -3.15. The zero-order valence-corrected chi connectivity index (χ0v) is 21.3. The SMILES string of the molecule is CC(O)(C(Cc1ccccc1)O[C@@]1(O)O[C@H](CO)[C@@H](O)[C@H](O)[C@H]1O)C(C(=O)O)C(=O)C=Cc1ccc(O)c(O)c1. The molecule has 3 rings (SSSR count). The maximum absolute atomic E-state index is 13.1. The largest absolute Gasteiger partial charge is 0.504 e. The van der Waals surface area contributed by atoms with E-state index in [-0.39, 0.29) is 12.0 Å². The van der Waals surface area contributed by atoms with Crippen LogP contribution in [-0.2, 0) is 25.5 Å². The maximum Gasteiger partial charge on any atom is 0.317 e. The Morgan fingerprint density at radius 2 is 1.73 bits per heavy atom. The van der Waals surface area contributed by atoms with Gasteiger partial charge in [-0.3, -0.25) is 9.59 Å². The van der Waals surface area contributed by atoms with Gasteiger partial charge in [0.2, 0.25) is 0 Å². The van der Waals surface area contributed by atoms with Crippen molar-refractivity contribution < 1.29 is 65.0 Å². The molecule has 3 unspecified atom stereocenters. The molecule has 8 atom stereocenters. The lowest BCUT2D eigenvalue weighted by Crippen LogP contribution is -2.68. The Hall–Kier alpha value is -3.40. The molecule has 0 bridgehead atoms. The molecule has 0 aromatic heterocycles. The van der Waals surface area contributed by atoms with Gasteiger partial charge >= 0.3 is 11.9 Å². The van der Waals surface area contributed by atoms with Gasteiger partial charge in [0.15, 0.2) is 23.4 Å². The molecule has 1 heterocycles. The van der Waals surface area contributed by atoms with Gasteiger partial charge in [-0.1, -0.05) is 42.5 Å². The smallest absolute Gasteiger partial charge is 0.317 e. The standard InChI is InChI=1S/C27H32O13/c1-26(37,21(25(35)36)17(30)10-8-15-7-9-16(29)18(31)11-15)20(12-14-5-3-2-4-6-14)40-27(38)24(34)23(33)22(32)19(13-28)39-27/h2-11,19-24,28-29,31-34,37-38H,12-13H2,1H3,(H,35,36)/t19-,20?,21?,22-,23+,24-,26?,27+/m1/s1. The van der Waals surface area contributed by atoms with E-state index in [9.17, 15) is 55.5 Å². The fraction of sp³-hybridized carbons (Fsp3) is 0.407. The second-order valence-corrected chi connectivity index (χ2v) is 9.67. The molecular weight excluding hydrogens is 532 g/mol. The highest BCUT2D eigenvalue weighted by molar-refractivity contribution is 6.07. The summed E-state index contributed by atoms with van der Waals surface area (Å²) in [5, 5.41) is 91.8. The number of hydrogen-bond donors (Lipinski definition) is 9. The van der Waals surface area contributed by atoms with E-state index in [1.165, 1.54) is 6.07 Å². The fourth-order valence-corrected chi connectivity index (χ4v) is 4.39. The Balaban J connectivity index is 1.99. The maximum atomic E-state index is 13.1. The van der Waals surface area contributed by atoms with Crippen molar-refractivity contribution in [2.45, 2.75) is 55.4 Å². The molecule has 0 radical (unpaired) electrons. The van der Waals surface area contributed by atoms with E-state index in [2.05, 4.69) is 0 Å². The van der Waals surface area contributed by atoms with Crippen LogP contribution >= 0.6 is 0 Å². The minimum absolute atomic E-state index is 0.222. The quantitative estimate of drug-likeness (QED) is 0.0682. The van der Waals surface area contributed by atoms with Crippen molar-refractivity contribution in [2.24, 2.45) is 5.92 Å². The predicted octanol–water partition coefficient (Wildman–Crippen LogP) is -1.12. The lowest BCUT2D eigenvalue weighted by molar-refractivity contribution is -0.464. The second kappa shape index (κ2) is 12.4. The number of phenols is 2. The zero-order valence-electron chi connectivity index (χ0n) is 21.3. The summed E-state index contributed by atoms with van der Waals surface area (Å²) >= 11 is 0. The van der Waals surface area contributed by atoms with Gasteiger partial charge in [0.05, 0.1) is 12.7 Å². The number of ether oxygens (including phenoxy) is 2. The first-order valence-corrected chi connectivity index (χ1v) is 12.2. The van der Waals surface area contributed by atoms with Crippen molar-refractivity contribution in [2.75, 3.05) is 6.61 Å². The lowest BCUT2D eigenvalue weighted by atomic mass is 9.78. The predicted molar refractivity (Wildman–Crippen MR) is 136 cm³/mol. The third-order valence-corrected chi connectivity index (χ3v) is 6.71. The van der Waals surface area contributed by atoms with Crippen LogP contribution in [0.1, 0.15) is 18.1 Å². The van der Waals surface area contributed by atoms with Gasteiger partial charge in [0.25, 0.3) is 0 Å². The normalized spacial score (nSPS) is 28.1. The van der Waals surface area contributed by atoms with Crippen LogP contribution in [0.5, 0.6) is 11.5 Å². The second-order valence-electron chi connectivity index (χ2n) is 9.67. The van der Waals surface area contributed by atoms with Gasteiger partial charge < -0.3 is 55.4 Å². The third kappa shape index (κ3) is 6.66. The van der Waals surface area contributed by atoms with Gasteiger partial charge in [0, 0.05) is 6.42 Å². The molecule has 0 saturated carbocycles. The summed E-state index contributed by atoms with van der Waals surface area (Å²) in [7, 11) is 0. The summed E-state index contributed by atoms with van der Waals surface area (Å²) in [5.74, 6) is -9.15. The monoisotopic (exact) mass is 564 g/mol. The average molecular weight is 565 g/mol. The molecule has 1 saturated heterocycles. The third-order valence-electron chi connectivity index (χ3n) is 6.71. The molecule has 40 heavy (non-hydrogen) atoms. The summed E-state index contributed by atoms with van der Waals surface area (Å²) in [4.78, 5) is 25.4. The van der Waals surface area contributed by atoms with Gasteiger partial charge in [-0.15, -0.1) is 0 Å². The molecule has 0 aliphatic carbocycles. The van der Waals surface area contributed by atoms with Gasteiger partial charge in [0.1, 0.15) is 29.8 Å². The van der Waals surface area contributed by atoms with Crippen LogP contribution in [0.15, 0.2) is 54.6 Å². The van der Waals surface area contributed by atoms with Gasteiger partial charge in [-0.05, 0) is 36.3 Å². The van der Waals surface area contributed by atoms with E-state index < -0.39 is 77.9 Å². The number of hydrogen-bond acceptors (Lipinski definition) is 12. The molecule has 13 heteroatoms. The van der Waals surface area contributed by atoms with E-state index in [0.717, 1.165) is 31.2 Å². The average Bonchev–Trinajstić information content (AvgIpc) is 2.90. The Kier molecular flexibility index (Phi) is 9.66. The van der Waals surface area contributed by atoms with Crippen molar-refractivity contribution in [3.63, 3.8) is 0 Å².